The number of carboxylic acid groups (broad SMARTS) is 2. The van der Waals surface area contributed by atoms with Gasteiger partial charge in [-0.05, 0) is 60.7 Å². The van der Waals surface area contributed by atoms with Gasteiger partial charge in [-0.2, -0.15) is 0 Å². The number of benzene rings is 2. The average Bonchev–Trinajstić information content (AvgIpc) is 2.81. The van der Waals surface area contributed by atoms with Gasteiger partial charge in [0.25, 0.3) is 5.91 Å². The minimum atomic E-state index is -1.28. The number of nitrogens with zero attached hydrogens (tertiary/aromatic N) is 2. The maximum absolute atomic E-state index is 12.4. The fourth-order valence-electron chi connectivity index (χ4n) is 4.27. The minimum Gasteiger partial charge on any atom is -0.481 e. The number of aliphatic imine (C=N–C) groups is 2. The van der Waals surface area contributed by atoms with Crippen molar-refractivity contribution in [1.29, 1.82) is 0 Å². The smallest absolute Gasteiger partial charge is 0.326 e. The molecular weight excluding hydrogens is 438 g/mol. The van der Waals surface area contributed by atoms with Crippen molar-refractivity contribution in [2.75, 3.05) is 11.9 Å². The highest BCUT2D eigenvalue weighted by atomic mass is 16.4. The van der Waals surface area contributed by atoms with Crippen LogP contribution in [-0.2, 0) is 16.0 Å². The van der Waals surface area contributed by atoms with E-state index in [-0.39, 0.29) is 24.3 Å². The molecule has 0 fully saturated rings. The molecule has 2 atom stereocenters. The summed E-state index contributed by atoms with van der Waals surface area (Å²) in [6.07, 6.45) is 1.10. The third-order valence-corrected chi connectivity index (χ3v) is 5.99. The van der Waals surface area contributed by atoms with Crippen molar-refractivity contribution in [2.45, 2.75) is 37.6 Å². The van der Waals surface area contributed by atoms with E-state index in [0.29, 0.717) is 12.5 Å². The SMILES string of the molecule is NC1=NCC2C(=N1)CCc1c(Nc3ccc(C(=O)N[C@@H](CCC(=O)O)C(=O)O)cc3)cccc12. The first-order valence-corrected chi connectivity index (χ1v) is 10.9. The van der Waals surface area contributed by atoms with Gasteiger partial charge in [-0.25, -0.2) is 9.79 Å². The van der Waals surface area contributed by atoms with Crippen molar-refractivity contribution in [3.63, 3.8) is 0 Å². The molecule has 1 heterocycles. The summed E-state index contributed by atoms with van der Waals surface area (Å²) in [5, 5.41) is 23.8. The molecule has 0 saturated carbocycles. The Morgan fingerprint density at radius 3 is 2.56 bits per heavy atom. The monoisotopic (exact) mass is 463 g/mol. The lowest BCUT2D eigenvalue weighted by Crippen LogP contribution is -2.41. The maximum Gasteiger partial charge on any atom is 0.326 e. The number of carbonyl (C=O) groups excluding carboxylic acids is 1. The Kier molecular flexibility index (Phi) is 6.58. The van der Waals surface area contributed by atoms with E-state index >= 15 is 0 Å². The first kappa shape index (κ1) is 23.0. The summed E-state index contributed by atoms with van der Waals surface area (Å²) in [5.74, 6) is -2.51. The zero-order chi connectivity index (χ0) is 24.2. The van der Waals surface area contributed by atoms with Crippen molar-refractivity contribution < 1.29 is 24.6 Å². The number of nitrogens with one attached hydrogen (secondary N) is 2. The van der Waals surface area contributed by atoms with Gasteiger partial charge in [0.05, 0.1) is 6.54 Å². The molecule has 1 aliphatic carbocycles. The number of carboxylic acids is 2. The number of amides is 1. The van der Waals surface area contributed by atoms with Gasteiger partial charge in [-0.3, -0.25) is 14.6 Å². The molecule has 0 spiro atoms. The summed E-state index contributed by atoms with van der Waals surface area (Å²) in [6.45, 7) is 0.592. The van der Waals surface area contributed by atoms with Gasteiger partial charge in [-0.1, -0.05) is 12.1 Å². The van der Waals surface area contributed by atoms with Crippen LogP contribution in [0, 0.1) is 0 Å². The maximum atomic E-state index is 12.4. The Balaban J connectivity index is 1.45. The van der Waals surface area contributed by atoms with Crippen LogP contribution in [0.4, 0.5) is 11.4 Å². The molecule has 6 N–H and O–H groups in total. The van der Waals surface area contributed by atoms with E-state index in [4.69, 9.17) is 10.8 Å². The van der Waals surface area contributed by atoms with Crippen LogP contribution in [0.15, 0.2) is 52.4 Å². The Morgan fingerprint density at radius 2 is 1.85 bits per heavy atom. The fraction of sp³-hybridized carbons (Fsp3) is 0.292. The Hall–Kier alpha value is -4.21. The predicted octanol–water partition coefficient (Wildman–Crippen LogP) is 2.28. The number of guanidine groups is 1. The van der Waals surface area contributed by atoms with E-state index < -0.39 is 23.9 Å². The molecule has 2 aromatic carbocycles. The van der Waals surface area contributed by atoms with Gasteiger partial charge in [0.1, 0.15) is 6.04 Å². The van der Waals surface area contributed by atoms with Crippen LogP contribution in [0.3, 0.4) is 0 Å². The normalized spacial score (nSPS) is 17.4. The highest BCUT2D eigenvalue weighted by molar-refractivity contribution is 6.03. The van der Waals surface area contributed by atoms with Crippen molar-refractivity contribution in [1.82, 2.24) is 5.32 Å². The van der Waals surface area contributed by atoms with E-state index in [1.54, 1.807) is 24.3 Å². The van der Waals surface area contributed by atoms with Gasteiger partial charge < -0.3 is 26.6 Å². The molecule has 176 valence electrons. The van der Waals surface area contributed by atoms with Crippen molar-refractivity contribution in [3.8, 4) is 0 Å². The summed E-state index contributed by atoms with van der Waals surface area (Å²) in [5.41, 5.74) is 11.2. The zero-order valence-electron chi connectivity index (χ0n) is 18.3. The molecule has 0 saturated heterocycles. The van der Waals surface area contributed by atoms with Gasteiger partial charge in [0.2, 0.25) is 5.96 Å². The van der Waals surface area contributed by atoms with Gasteiger partial charge in [-0.15, -0.1) is 0 Å². The summed E-state index contributed by atoms with van der Waals surface area (Å²) in [7, 11) is 0. The first-order valence-electron chi connectivity index (χ1n) is 10.9. The topological polar surface area (TPSA) is 166 Å². The average molecular weight is 463 g/mol. The molecule has 2 aromatic rings. The molecule has 1 amide bonds. The molecule has 1 unspecified atom stereocenters. The summed E-state index contributed by atoms with van der Waals surface area (Å²) >= 11 is 0. The highest BCUT2D eigenvalue weighted by Crippen LogP contribution is 2.36. The lowest BCUT2D eigenvalue weighted by Gasteiger charge is -2.30. The lowest BCUT2D eigenvalue weighted by molar-refractivity contribution is -0.140. The first-order chi connectivity index (χ1) is 16.3. The number of rotatable bonds is 8. The van der Waals surface area contributed by atoms with Crippen LogP contribution in [0.25, 0.3) is 0 Å². The largest absolute Gasteiger partial charge is 0.481 e. The second kappa shape index (κ2) is 9.74. The highest BCUT2D eigenvalue weighted by Gasteiger charge is 2.29. The van der Waals surface area contributed by atoms with E-state index in [9.17, 15) is 19.5 Å². The van der Waals surface area contributed by atoms with E-state index in [0.717, 1.165) is 29.9 Å². The predicted molar refractivity (Wildman–Crippen MR) is 127 cm³/mol. The Morgan fingerprint density at radius 1 is 1.09 bits per heavy atom. The second-order valence-electron chi connectivity index (χ2n) is 8.23. The van der Waals surface area contributed by atoms with Crippen molar-refractivity contribution >= 4 is 40.9 Å². The Bertz CT molecular complexity index is 1190. The van der Waals surface area contributed by atoms with Gasteiger partial charge in [0.15, 0.2) is 0 Å². The molecule has 34 heavy (non-hydrogen) atoms. The van der Waals surface area contributed by atoms with Crippen LogP contribution >= 0.6 is 0 Å². The fourth-order valence-corrected chi connectivity index (χ4v) is 4.27. The number of anilines is 2. The van der Waals surface area contributed by atoms with Crippen LogP contribution < -0.4 is 16.4 Å². The van der Waals surface area contributed by atoms with E-state index in [1.807, 2.05) is 12.1 Å². The number of hydrogen-bond acceptors (Lipinski definition) is 7. The molecule has 0 aromatic heterocycles. The van der Waals surface area contributed by atoms with Crippen LogP contribution in [0.5, 0.6) is 0 Å². The summed E-state index contributed by atoms with van der Waals surface area (Å²) in [4.78, 5) is 43.2. The third-order valence-electron chi connectivity index (χ3n) is 5.99. The molecule has 10 nitrogen and oxygen atoms in total. The molecular formula is C24H25N5O5. The van der Waals surface area contributed by atoms with Gasteiger partial charge in [0, 0.05) is 35.0 Å². The molecule has 0 bridgehead atoms. The van der Waals surface area contributed by atoms with Crippen LogP contribution in [-0.4, -0.2) is 52.3 Å². The number of carbonyl (C=O) groups is 3. The minimum absolute atomic E-state index is 0.132. The van der Waals surface area contributed by atoms with E-state index in [1.165, 1.54) is 11.1 Å². The zero-order valence-corrected chi connectivity index (χ0v) is 18.3. The van der Waals surface area contributed by atoms with Gasteiger partial charge >= 0.3 is 11.9 Å². The molecule has 1 aliphatic heterocycles. The molecule has 0 radical (unpaired) electrons. The standard InChI is InChI=1S/C24H25N5O5/c25-24-26-12-17-15-2-1-3-18(16(15)8-9-19(17)29-24)27-14-6-4-13(5-7-14)22(32)28-20(23(33)34)10-11-21(30)31/h1-7,17,20,27H,8-12H2,(H2,25,26)(H,28,32)(H,30,31)(H,33,34)/t17?,20-/m0/s1. The third kappa shape index (κ3) is 5.06. The van der Waals surface area contributed by atoms with Crippen molar-refractivity contribution in [3.05, 3.63) is 59.2 Å². The number of fused-ring (bicyclic) bond motifs is 3. The summed E-state index contributed by atoms with van der Waals surface area (Å²) in [6, 6.07) is 11.5. The number of hydrogen-bond donors (Lipinski definition) is 5. The summed E-state index contributed by atoms with van der Waals surface area (Å²) < 4.78 is 0. The van der Waals surface area contributed by atoms with Crippen LogP contribution in [0.2, 0.25) is 0 Å². The van der Waals surface area contributed by atoms with E-state index in [2.05, 4.69) is 26.7 Å². The second-order valence-corrected chi connectivity index (χ2v) is 8.23. The Labute approximate surface area is 195 Å². The molecule has 10 heteroatoms. The lowest BCUT2D eigenvalue weighted by atomic mass is 9.80. The molecule has 2 aliphatic rings. The van der Waals surface area contributed by atoms with Crippen molar-refractivity contribution in [2.24, 2.45) is 15.7 Å². The number of nitrogens with two attached hydrogens (primary N) is 1. The molecule has 4 rings (SSSR count). The number of aliphatic carboxylic acids is 2. The quantitative estimate of drug-likeness (QED) is 0.400. The van der Waals surface area contributed by atoms with Crippen LogP contribution in [0.1, 0.15) is 46.7 Å².